The summed E-state index contributed by atoms with van der Waals surface area (Å²) in [6, 6.07) is 6.35. The lowest BCUT2D eigenvalue weighted by Crippen LogP contribution is -2.55. The van der Waals surface area contributed by atoms with Gasteiger partial charge in [-0.1, -0.05) is 0 Å². The number of hydrogen-bond donors (Lipinski definition) is 0. The monoisotopic (exact) mass is 353 g/mol. The SMILES string of the molecule is CC(C)(C#N)N1CCN(C(=O)c2ccc(F)cc2Br)CC1. The molecular formula is C15H17BrFN3O. The van der Waals surface area contributed by atoms with Gasteiger partial charge in [0.25, 0.3) is 5.91 Å². The van der Waals surface area contributed by atoms with E-state index in [0.717, 1.165) is 0 Å². The molecule has 1 amide bonds. The third kappa shape index (κ3) is 3.42. The molecule has 1 aromatic rings. The second-order valence-electron chi connectivity index (χ2n) is 5.57. The third-order valence-electron chi connectivity index (χ3n) is 3.79. The molecule has 1 aliphatic heterocycles. The molecule has 21 heavy (non-hydrogen) atoms. The van der Waals surface area contributed by atoms with Gasteiger partial charge in [0.1, 0.15) is 11.4 Å². The number of hydrogen-bond acceptors (Lipinski definition) is 3. The van der Waals surface area contributed by atoms with Crippen molar-refractivity contribution in [2.24, 2.45) is 0 Å². The van der Waals surface area contributed by atoms with Crippen LogP contribution >= 0.6 is 15.9 Å². The molecule has 1 aromatic carbocycles. The van der Waals surface area contributed by atoms with Gasteiger partial charge in [-0.3, -0.25) is 9.69 Å². The fourth-order valence-electron chi connectivity index (χ4n) is 2.37. The van der Waals surface area contributed by atoms with Crippen molar-refractivity contribution in [3.63, 3.8) is 0 Å². The number of carbonyl (C=O) groups is 1. The van der Waals surface area contributed by atoms with Crippen LogP contribution in [0.25, 0.3) is 0 Å². The Bertz CT molecular complexity index is 589. The molecule has 0 N–H and O–H groups in total. The van der Waals surface area contributed by atoms with Crippen molar-refractivity contribution in [3.8, 4) is 6.07 Å². The first-order valence-corrected chi connectivity index (χ1v) is 7.55. The third-order valence-corrected chi connectivity index (χ3v) is 4.45. The zero-order valence-electron chi connectivity index (χ0n) is 12.1. The van der Waals surface area contributed by atoms with E-state index in [2.05, 4.69) is 26.9 Å². The molecule has 0 bridgehead atoms. The van der Waals surface area contributed by atoms with E-state index in [1.807, 2.05) is 13.8 Å². The number of nitrogens with zero attached hydrogens (tertiary/aromatic N) is 3. The molecule has 1 fully saturated rings. The normalized spacial score (nSPS) is 16.6. The average molecular weight is 354 g/mol. The molecular weight excluding hydrogens is 337 g/mol. The molecule has 0 saturated carbocycles. The van der Waals surface area contributed by atoms with Crippen molar-refractivity contribution in [1.29, 1.82) is 5.26 Å². The summed E-state index contributed by atoms with van der Waals surface area (Å²) in [6.07, 6.45) is 0. The zero-order valence-corrected chi connectivity index (χ0v) is 13.7. The van der Waals surface area contributed by atoms with E-state index in [9.17, 15) is 9.18 Å². The van der Waals surface area contributed by atoms with E-state index in [0.29, 0.717) is 36.2 Å². The van der Waals surface area contributed by atoms with Crippen LogP contribution in [-0.2, 0) is 0 Å². The van der Waals surface area contributed by atoms with Crippen LogP contribution in [-0.4, -0.2) is 47.4 Å². The Balaban J connectivity index is 2.06. The summed E-state index contributed by atoms with van der Waals surface area (Å²) < 4.78 is 13.5. The molecule has 0 unspecified atom stereocenters. The lowest BCUT2D eigenvalue weighted by molar-refractivity contribution is 0.0520. The quantitative estimate of drug-likeness (QED) is 0.820. The van der Waals surface area contributed by atoms with Crippen molar-refractivity contribution < 1.29 is 9.18 Å². The van der Waals surface area contributed by atoms with Crippen LogP contribution in [0.2, 0.25) is 0 Å². The Morgan fingerprint density at radius 3 is 2.48 bits per heavy atom. The number of amides is 1. The van der Waals surface area contributed by atoms with Crippen LogP contribution < -0.4 is 0 Å². The topological polar surface area (TPSA) is 47.3 Å². The van der Waals surface area contributed by atoms with Gasteiger partial charge in [-0.2, -0.15) is 5.26 Å². The van der Waals surface area contributed by atoms with E-state index in [1.54, 1.807) is 4.90 Å². The summed E-state index contributed by atoms with van der Waals surface area (Å²) >= 11 is 3.23. The molecule has 0 radical (unpaired) electrons. The molecule has 0 spiro atoms. The summed E-state index contributed by atoms with van der Waals surface area (Å²) in [4.78, 5) is 16.3. The standard InChI is InChI=1S/C15H17BrFN3O/c1-15(2,10-18)20-7-5-19(6-8-20)14(21)12-4-3-11(17)9-13(12)16/h3-4,9H,5-8H2,1-2H3. The molecule has 112 valence electrons. The van der Waals surface area contributed by atoms with Crippen molar-refractivity contribution >= 4 is 21.8 Å². The number of nitriles is 1. The van der Waals surface area contributed by atoms with Crippen molar-refractivity contribution in [3.05, 3.63) is 34.1 Å². The van der Waals surface area contributed by atoms with Gasteiger partial charge in [-0.15, -0.1) is 0 Å². The van der Waals surface area contributed by atoms with Gasteiger partial charge in [-0.05, 0) is 48.0 Å². The maximum Gasteiger partial charge on any atom is 0.255 e. The average Bonchev–Trinajstić information content (AvgIpc) is 2.47. The maximum absolute atomic E-state index is 13.1. The minimum Gasteiger partial charge on any atom is -0.336 e. The minimum absolute atomic E-state index is 0.115. The predicted octanol–water partition coefficient (Wildman–Crippen LogP) is 2.65. The van der Waals surface area contributed by atoms with Crippen LogP contribution in [0.4, 0.5) is 4.39 Å². The molecule has 4 nitrogen and oxygen atoms in total. The van der Waals surface area contributed by atoms with Crippen LogP contribution in [0.3, 0.4) is 0 Å². The first-order valence-electron chi connectivity index (χ1n) is 6.76. The highest BCUT2D eigenvalue weighted by Crippen LogP contribution is 2.22. The highest BCUT2D eigenvalue weighted by Gasteiger charge is 2.31. The number of halogens is 2. The fraction of sp³-hybridized carbons (Fsp3) is 0.467. The molecule has 0 aromatic heterocycles. The smallest absolute Gasteiger partial charge is 0.255 e. The number of piperazine rings is 1. The van der Waals surface area contributed by atoms with E-state index >= 15 is 0 Å². The summed E-state index contributed by atoms with van der Waals surface area (Å²) in [6.45, 7) is 6.19. The molecule has 2 rings (SSSR count). The van der Waals surface area contributed by atoms with E-state index in [4.69, 9.17) is 5.26 Å². The van der Waals surface area contributed by atoms with Crippen LogP contribution in [0.1, 0.15) is 24.2 Å². The van der Waals surface area contributed by atoms with Gasteiger partial charge in [0.2, 0.25) is 0 Å². The first kappa shape index (κ1) is 15.9. The second kappa shape index (κ2) is 6.12. The molecule has 0 atom stereocenters. The predicted molar refractivity (Wildman–Crippen MR) is 81.3 cm³/mol. The Labute approximate surface area is 132 Å². The van der Waals surface area contributed by atoms with Crippen LogP contribution in [0.15, 0.2) is 22.7 Å². The van der Waals surface area contributed by atoms with E-state index in [-0.39, 0.29) is 11.7 Å². The number of benzene rings is 1. The Kier molecular flexibility index (Phi) is 4.64. The Morgan fingerprint density at radius 2 is 1.95 bits per heavy atom. The van der Waals surface area contributed by atoms with Gasteiger partial charge in [0, 0.05) is 30.7 Å². The number of rotatable bonds is 2. The van der Waals surface area contributed by atoms with Gasteiger partial charge >= 0.3 is 0 Å². The first-order chi connectivity index (χ1) is 9.85. The molecule has 1 heterocycles. The van der Waals surface area contributed by atoms with Crippen molar-refractivity contribution in [1.82, 2.24) is 9.80 Å². The molecule has 1 aliphatic rings. The highest BCUT2D eigenvalue weighted by atomic mass is 79.9. The van der Waals surface area contributed by atoms with Crippen LogP contribution in [0.5, 0.6) is 0 Å². The van der Waals surface area contributed by atoms with E-state index < -0.39 is 5.54 Å². The summed E-state index contributed by atoms with van der Waals surface area (Å²) in [5, 5.41) is 9.15. The Morgan fingerprint density at radius 1 is 1.33 bits per heavy atom. The number of carbonyl (C=O) groups excluding carboxylic acids is 1. The minimum atomic E-state index is -0.522. The maximum atomic E-state index is 13.1. The molecule has 0 aliphatic carbocycles. The van der Waals surface area contributed by atoms with Gasteiger partial charge in [0.15, 0.2) is 0 Å². The largest absolute Gasteiger partial charge is 0.336 e. The van der Waals surface area contributed by atoms with Gasteiger partial charge in [-0.25, -0.2) is 4.39 Å². The summed E-state index contributed by atoms with van der Waals surface area (Å²) in [5.74, 6) is -0.490. The zero-order chi connectivity index (χ0) is 15.6. The lowest BCUT2D eigenvalue weighted by Gasteiger charge is -2.40. The van der Waals surface area contributed by atoms with Gasteiger partial charge < -0.3 is 4.90 Å². The van der Waals surface area contributed by atoms with Crippen LogP contribution in [0, 0.1) is 17.1 Å². The van der Waals surface area contributed by atoms with Gasteiger partial charge in [0.05, 0.1) is 11.6 Å². The Hall–Kier alpha value is -1.45. The van der Waals surface area contributed by atoms with Crippen molar-refractivity contribution in [2.45, 2.75) is 19.4 Å². The van der Waals surface area contributed by atoms with Crippen molar-refractivity contribution in [2.75, 3.05) is 26.2 Å². The fourth-order valence-corrected chi connectivity index (χ4v) is 2.89. The summed E-state index contributed by atoms with van der Waals surface area (Å²) in [7, 11) is 0. The lowest BCUT2D eigenvalue weighted by atomic mass is 10.0. The molecule has 6 heteroatoms. The highest BCUT2D eigenvalue weighted by molar-refractivity contribution is 9.10. The molecule has 1 saturated heterocycles. The second-order valence-corrected chi connectivity index (χ2v) is 6.43. The summed E-state index contributed by atoms with van der Waals surface area (Å²) in [5.41, 5.74) is -0.0598. The van der Waals surface area contributed by atoms with E-state index in [1.165, 1.54) is 18.2 Å².